The van der Waals surface area contributed by atoms with Gasteiger partial charge in [0.1, 0.15) is 0 Å². The molecule has 1 fully saturated rings. The first-order valence-corrected chi connectivity index (χ1v) is 10.3. The number of nitrogens with one attached hydrogen (secondary N) is 1. The number of ketones is 1. The molecule has 0 atom stereocenters. The highest BCUT2D eigenvalue weighted by molar-refractivity contribution is 6.42. The Kier molecular flexibility index (Phi) is 7.17. The highest BCUT2D eigenvalue weighted by atomic mass is 35.5. The molecule has 0 unspecified atom stereocenters. The largest absolute Gasteiger partial charge is 0.343 e. The molecular formula is C21H19Cl3N2O3. The third-order valence-corrected chi connectivity index (χ3v) is 6.01. The smallest absolute Gasteiger partial charge is 0.253 e. The summed E-state index contributed by atoms with van der Waals surface area (Å²) in [4.78, 5) is 38.9. The van der Waals surface area contributed by atoms with Crippen LogP contribution in [-0.2, 0) is 4.79 Å². The maximum absolute atomic E-state index is 12.7. The van der Waals surface area contributed by atoms with Crippen molar-refractivity contribution in [2.75, 3.05) is 19.6 Å². The van der Waals surface area contributed by atoms with Crippen LogP contribution in [0.5, 0.6) is 0 Å². The van der Waals surface area contributed by atoms with E-state index in [1.807, 2.05) is 0 Å². The Hall–Kier alpha value is -2.08. The average molecular weight is 454 g/mol. The van der Waals surface area contributed by atoms with Gasteiger partial charge in [-0.15, -0.1) is 0 Å². The molecule has 152 valence electrons. The molecule has 0 bridgehead atoms. The average Bonchev–Trinajstić information content (AvgIpc) is 2.73. The van der Waals surface area contributed by atoms with Crippen LogP contribution in [-0.4, -0.2) is 42.1 Å². The zero-order valence-electron chi connectivity index (χ0n) is 15.5. The van der Waals surface area contributed by atoms with Crippen molar-refractivity contribution in [2.45, 2.75) is 12.8 Å². The fourth-order valence-electron chi connectivity index (χ4n) is 3.28. The van der Waals surface area contributed by atoms with E-state index in [9.17, 15) is 14.4 Å². The molecule has 5 nitrogen and oxygen atoms in total. The standard InChI is InChI=1S/C21H19Cl3N2O3/c22-16-4-2-1-3-15(16)21(29)25-12-19(27)26-9-7-13(8-10-26)20(28)14-5-6-17(23)18(24)11-14/h1-6,11,13H,7-10,12H2,(H,25,29). The molecular weight excluding hydrogens is 435 g/mol. The summed E-state index contributed by atoms with van der Waals surface area (Å²) in [6.07, 6.45) is 1.12. The molecule has 0 spiro atoms. The highest BCUT2D eigenvalue weighted by Gasteiger charge is 2.28. The van der Waals surface area contributed by atoms with E-state index in [1.165, 1.54) is 0 Å². The third-order valence-electron chi connectivity index (χ3n) is 4.94. The van der Waals surface area contributed by atoms with Crippen LogP contribution in [0, 0.1) is 5.92 Å². The molecule has 0 aliphatic carbocycles. The molecule has 1 N–H and O–H groups in total. The third kappa shape index (κ3) is 5.30. The number of likely N-dealkylation sites (tertiary alicyclic amines) is 1. The minimum atomic E-state index is -0.395. The number of Topliss-reactive ketones (excluding diaryl/α,β-unsaturated/α-hetero) is 1. The van der Waals surface area contributed by atoms with Crippen molar-refractivity contribution in [2.24, 2.45) is 5.92 Å². The lowest BCUT2D eigenvalue weighted by Gasteiger charge is -2.31. The Morgan fingerprint density at radius 3 is 2.28 bits per heavy atom. The molecule has 0 saturated carbocycles. The molecule has 2 aromatic carbocycles. The SMILES string of the molecule is O=C(NCC(=O)N1CCC(C(=O)c2ccc(Cl)c(Cl)c2)CC1)c1ccccc1Cl. The number of benzene rings is 2. The molecule has 8 heteroatoms. The Bertz CT molecular complexity index is 941. The number of piperidine rings is 1. The summed E-state index contributed by atoms with van der Waals surface area (Å²) in [5, 5.41) is 3.68. The van der Waals surface area contributed by atoms with Crippen molar-refractivity contribution in [1.29, 1.82) is 0 Å². The number of rotatable bonds is 5. The Morgan fingerprint density at radius 1 is 0.931 bits per heavy atom. The second-order valence-corrected chi connectivity index (χ2v) is 8.03. The van der Waals surface area contributed by atoms with Gasteiger partial charge in [0.15, 0.2) is 5.78 Å². The van der Waals surface area contributed by atoms with Gasteiger partial charge in [-0.1, -0.05) is 46.9 Å². The van der Waals surface area contributed by atoms with E-state index in [1.54, 1.807) is 47.4 Å². The first-order valence-electron chi connectivity index (χ1n) is 9.16. The van der Waals surface area contributed by atoms with Crippen LogP contribution in [0.4, 0.5) is 0 Å². The molecule has 0 aromatic heterocycles. The van der Waals surface area contributed by atoms with Crippen molar-refractivity contribution in [1.82, 2.24) is 10.2 Å². The van der Waals surface area contributed by atoms with Gasteiger partial charge in [-0.05, 0) is 43.2 Å². The monoisotopic (exact) mass is 452 g/mol. The van der Waals surface area contributed by atoms with Crippen LogP contribution in [0.3, 0.4) is 0 Å². The zero-order valence-corrected chi connectivity index (χ0v) is 17.7. The second-order valence-electron chi connectivity index (χ2n) is 6.81. The van der Waals surface area contributed by atoms with E-state index in [0.717, 1.165) is 0 Å². The molecule has 1 aliphatic heterocycles. The van der Waals surface area contributed by atoms with Crippen LogP contribution >= 0.6 is 34.8 Å². The minimum Gasteiger partial charge on any atom is -0.343 e. The lowest BCUT2D eigenvalue weighted by atomic mass is 9.89. The van der Waals surface area contributed by atoms with Gasteiger partial charge in [-0.3, -0.25) is 14.4 Å². The predicted molar refractivity (Wildman–Crippen MR) is 114 cm³/mol. The van der Waals surface area contributed by atoms with Crippen LogP contribution in [0.15, 0.2) is 42.5 Å². The van der Waals surface area contributed by atoms with Crippen molar-refractivity contribution in [3.63, 3.8) is 0 Å². The van der Waals surface area contributed by atoms with Gasteiger partial charge >= 0.3 is 0 Å². The van der Waals surface area contributed by atoms with Crippen molar-refractivity contribution in [3.05, 3.63) is 68.7 Å². The summed E-state index contributed by atoms with van der Waals surface area (Å²) in [5.41, 5.74) is 0.851. The number of amides is 2. The second kappa shape index (κ2) is 9.61. The summed E-state index contributed by atoms with van der Waals surface area (Å²) in [6, 6.07) is 11.5. The molecule has 0 radical (unpaired) electrons. The predicted octanol–water partition coefficient (Wildman–Crippen LogP) is 4.50. The number of nitrogens with zero attached hydrogens (tertiary/aromatic N) is 1. The van der Waals surface area contributed by atoms with E-state index in [4.69, 9.17) is 34.8 Å². The molecule has 2 aromatic rings. The Labute approximate surface area is 183 Å². The van der Waals surface area contributed by atoms with Crippen LogP contribution in [0.1, 0.15) is 33.6 Å². The normalized spacial score (nSPS) is 14.5. The number of hydrogen-bond acceptors (Lipinski definition) is 3. The summed E-state index contributed by atoms with van der Waals surface area (Å²) < 4.78 is 0. The van der Waals surface area contributed by atoms with Gasteiger partial charge in [-0.2, -0.15) is 0 Å². The van der Waals surface area contributed by atoms with E-state index in [-0.39, 0.29) is 24.2 Å². The summed E-state index contributed by atoms with van der Waals surface area (Å²) in [5.74, 6) is -0.754. The van der Waals surface area contributed by atoms with Gasteiger partial charge in [0, 0.05) is 24.6 Å². The van der Waals surface area contributed by atoms with Gasteiger partial charge in [-0.25, -0.2) is 0 Å². The molecule has 3 rings (SSSR count). The number of carbonyl (C=O) groups is 3. The lowest BCUT2D eigenvalue weighted by molar-refractivity contribution is -0.131. The fourth-order valence-corrected chi connectivity index (χ4v) is 3.80. The van der Waals surface area contributed by atoms with Crippen LogP contribution in [0.2, 0.25) is 15.1 Å². The van der Waals surface area contributed by atoms with Crippen molar-refractivity contribution < 1.29 is 14.4 Å². The van der Waals surface area contributed by atoms with Gasteiger partial charge in [0.05, 0.1) is 27.2 Å². The first-order chi connectivity index (χ1) is 13.9. The van der Waals surface area contributed by atoms with Crippen molar-refractivity contribution >= 4 is 52.4 Å². The Morgan fingerprint density at radius 2 is 1.62 bits per heavy atom. The number of halogens is 3. The topological polar surface area (TPSA) is 66.5 Å². The quantitative estimate of drug-likeness (QED) is 0.678. The number of hydrogen-bond donors (Lipinski definition) is 1. The summed E-state index contributed by atoms with van der Waals surface area (Å²) >= 11 is 17.9. The zero-order chi connectivity index (χ0) is 21.0. The van der Waals surface area contributed by atoms with Gasteiger partial charge in [0.2, 0.25) is 5.91 Å². The summed E-state index contributed by atoms with van der Waals surface area (Å²) in [6.45, 7) is 0.798. The highest BCUT2D eigenvalue weighted by Crippen LogP contribution is 2.27. The van der Waals surface area contributed by atoms with Gasteiger partial charge in [0.25, 0.3) is 5.91 Å². The van der Waals surface area contributed by atoms with Crippen LogP contribution in [0.25, 0.3) is 0 Å². The van der Waals surface area contributed by atoms with Gasteiger partial charge < -0.3 is 10.2 Å². The van der Waals surface area contributed by atoms with E-state index >= 15 is 0 Å². The van der Waals surface area contributed by atoms with Crippen molar-refractivity contribution in [3.8, 4) is 0 Å². The maximum Gasteiger partial charge on any atom is 0.253 e. The van der Waals surface area contributed by atoms with E-state index in [2.05, 4.69) is 5.32 Å². The maximum atomic E-state index is 12.7. The van der Waals surface area contributed by atoms with E-state index < -0.39 is 5.91 Å². The summed E-state index contributed by atoms with van der Waals surface area (Å²) in [7, 11) is 0. The lowest BCUT2D eigenvalue weighted by Crippen LogP contribution is -2.45. The molecule has 1 saturated heterocycles. The Balaban J connectivity index is 1.50. The van der Waals surface area contributed by atoms with E-state index in [0.29, 0.717) is 52.1 Å². The molecule has 29 heavy (non-hydrogen) atoms. The molecule has 1 aliphatic rings. The van der Waals surface area contributed by atoms with Crippen LogP contribution < -0.4 is 5.32 Å². The fraction of sp³-hybridized carbons (Fsp3) is 0.286. The molecule has 1 heterocycles. The number of carbonyl (C=O) groups excluding carboxylic acids is 3. The molecule has 2 amide bonds. The minimum absolute atomic E-state index is 0.00249. The first kappa shape index (κ1) is 21.6.